The molecule has 3 heteroatoms. The Bertz CT molecular complexity index is 1160. The molecule has 3 nitrogen and oxygen atoms in total. The quantitative estimate of drug-likeness (QED) is 0.255. The monoisotopic (exact) mass is 366 g/mol. The molecule has 0 unspecified atom stereocenters. The summed E-state index contributed by atoms with van der Waals surface area (Å²) in [5.41, 5.74) is 2.93. The Hall–Kier alpha value is -3.72. The van der Waals surface area contributed by atoms with Crippen LogP contribution in [-0.2, 0) is 0 Å². The molecule has 0 aliphatic heterocycles. The highest BCUT2D eigenvalue weighted by Crippen LogP contribution is 2.31. The molecule has 0 aliphatic rings. The number of benzene rings is 4. The number of rotatable bonds is 4. The van der Waals surface area contributed by atoms with Gasteiger partial charge in [-0.1, -0.05) is 72.8 Å². The van der Waals surface area contributed by atoms with E-state index >= 15 is 0 Å². The zero-order valence-corrected chi connectivity index (χ0v) is 15.4. The van der Waals surface area contributed by atoms with Gasteiger partial charge in [0.25, 0.3) is 0 Å². The Morgan fingerprint density at radius 1 is 0.679 bits per heavy atom. The fourth-order valence-electron chi connectivity index (χ4n) is 3.21. The van der Waals surface area contributed by atoms with Gasteiger partial charge in [-0.15, -0.1) is 0 Å². The van der Waals surface area contributed by atoms with Crippen LogP contribution in [0, 0.1) is 0 Å². The molecule has 0 saturated carbocycles. The molecular formula is C25H18O3. The maximum Gasteiger partial charge on any atom is 0.343 e. The Kier molecular flexibility index (Phi) is 4.73. The predicted molar refractivity (Wildman–Crippen MR) is 111 cm³/mol. The first-order valence-electron chi connectivity index (χ1n) is 9.04. The van der Waals surface area contributed by atoms with Crippen LogP contribution in [0.25, 0.3) is 21.9 Å². The summed E-state index contributed by atoms with van der Waals surface area (Å²) in [4.78, 5) is 24.8. The van der Waals surface area contributed by atoms with Gasteiger partial charge in [-0.25, -0.2) is 4.79 Å². The lowest BCUT2D eigenvalue weighted by Crippen LogP contribution is -2.11. The zero-order valence-electron chi connectivity index (χ0n) is 15.4. The number of carbonyl (C=O) groups is 2. The lowest BCUT2D eigenvalue weighted by Gasteiger charge is -2.12. The van der Waals surface area contributed by atoms with E-state index in [-0.39, 0.29) is 5.78 Å². The maximum atomic E-state index is 12.7. The number of ether oxygens (including phenoxy) is 1. The van der Waals surface area contributed by atoms with Crippen molar-refractivity contribution in [3.05, 3.63) is 102 Å². The third-order valence-electron chi connectivity index (χ3n) is 4.68. The number of hydrogen-bond donors (Lipinski definition) is 0. The molecule has 0 spiro atoms. The Morgan fingerprint density at radius 2 is 1.32 bits per heavy atom. The van der Waals surface area contributed by atoms with Gasteiger partial charge >= 0.3 is 5.97 Å². The van der Waals surface area contributed by atoms with Crippen LogP contribution in [0.2, 0.25) is 0 Å². The molecule has 4 aromatic carbocycles. The van der Waals surface area contributed by atoms with Crippen LogP contribution in [0.1, 0.15) is 27.6 Å². The van der Waals surface area contributed by atoms with Crippen LogP contribution in [-0.4, -0.2) is 11.8 Å². The zero-order chi connectivity index (χ0) is 19.5. The molecule has 0 saturated heterocycles. The van der Waals surface area contributed by atoms with E-state index in [2.05, 4.69) is 0 Å². The summed E-state index contributed by atoms with van der Waals surface area (Å²) in [7, 11) is 0. The Balaban J connectivity index is 1.67. The van der Waals surface area contributed by atoms with Crippen molar-refractivity contribution in [2.75, 3.05) is 0 Å². The van der Waals surface area contributed by atoms with Crippen molar-refractivity contribution >= 4 is 22.5 Å². The van der Waals surface area contributed by atoms with Gasteiger partial charge in [-0.05, 0) is 41.6 Å². The van der Waals surface area contributed by atoms with Crippen LogP contribution in [0.3, 0.4) is 0 Å². The summed E-state index contributed by atoms with van der Waals surface area (Å²) in [5.74, 6) is -0.325. The fourth-order valence-corrected chi connectivity index (χ4v) is 3.21. The van der Waals surface area contributed by atoms with Crippen molar-refractivity contribution in [3.8, 4) is 16.9 Å². The van der Waals surface area contributed by atoms with E-state index in [1.807, 2.05) is 72.8 Å². The van der Waals surface area contributed by atoms with Crippen LogP contribution in [0.5, 0.6) is 5.75 Å². The second kappa shape index (κ2) is 7.49. The van der Waals surface area contributed by atoms with E-state index in [4.69, 9.17) is 4.74 Å². The molecule has 28 heavy (non-hydrogen) atoms. The first kappa shape index (κ1) is 17.7. The van der Waals surface area contributed by atoms with Crippen molar-refractivity contribution in [2.45, 2.75) is 6.92 Å². The van der Waals surface area contributed by atoms with Crippen LogP contribution in [0.15, 0.2) is 91.0 Å². The number of ketones is 1. The second-order valence-corrected chi connectivity index (χ2v) is 6.55. The van der Waals surface area contributed by atoms with E-state index in [0.29, 0.717) is 16.9 Å². The minimum absolute atomic E-state index is 0.145. The highest BCUT2D eigenvalue weighted by molar-refractivity contribution is 6.05. The molecule has 0 amide bonds. The van der Waals surface area contributed by atoms with Crippen molar-refractivity contribution in [1.29, 1.82) is 0 Å². The van der Waals surface area contributed by atoms with E-state index in [0.717, 1.165) is 21.9 Å². The molecule has 0 aliphatic carbocycles. The van der Waals surface area contributed by atoms with E-state index in [1.54, 1.807) is 18.2 Å². The molecule has 0 N–H and O–H groups in total. The minimum Gasteiger partial charge on any atom is -0.421 e. The molecule has 4 rings (SSSR count). The number of carbonyl (C=O) groups excluding carboxylic acids is 2. The summed E-state index contributed by atoms with van der Waals surface area (Å²) < 4.78 is 5.69. The topological polar surface area (TPSA) is 43.4 Å². The van der Waals surface area contributed by atoms with Crippen LogP contribution < -0.4 is 4.74 Å². The smallest absolute Gasteiger partial charge is 0.343 e. The number of Topliss-reactive ketones (excluding diaryl/α,β-unsaturated/α-hetero) is 1. The number of esters is 1. The SMILES string of the molecule is CC(=O)c1ccc2ccccc2c1OC(=O)c1ccc(-c2ccccc2)cc1. The molecule has 0 heterocycles. The third-order valence-corrected chi connectivity index (χ3v) is 4.68. The van der Waals surface area contributed by atoms with Gasteiger partial charge in [0.15, 0.2) is 5.78 Å². The predicted octanol–water partition coefficient (Wildman–Crippen LogP) is 5.93. The van der Waals surface area contributed by atoms with Gasteiger partial charge in [0.1, 0.15) is 5.75 Å². The molecule has 0 radical (unpaired) electrons. The first-order valence-corrected chi connectivity index (χ1v) is 9.04. The summed E-state index contributed by atoms with van der Waals surface area (Å²) in [6, 6.07) is 28.3. The summed E-state index contributed by atoms with van der Waals surface area (Å²) in [5, 5.41) is 1.65. The average molecular weight is 366 g/mol. The minimum atomic E-state index is -0.488. The van der Waals surface area contributed by atoms with Crippen molar-refractivity contribution in [3.63, 3.8) is 0 Å². The van der Waals surface area contributed by atoms with Crippen molar-refractivity contribution in [2.24, 2.45) is 0 Å². The summed E-state index contributed by atoms with van der Waals surface area (Å²) in [6.45, 7) is 1.47. The van der Waals surface area contributed by atoms with Gasteiger partial charge in [0.2, 0.25) is 0 Å². The Labute approximate surface area is 163 Å². The maximum absolute atomic E-state index is 12.7. The highest BCUT2D eigenvalue weighted by atomic mass is 16.5. The molecule has 4 aromatic rings. The molecule has 0 fully saturated rings. The summed E-state index contributed by atoms with van der Waals surface area (Å²) in [6.07, 6.45) is 0. The fraction of sp³-hybridized carbons (Fsp3) is 0.0400. The normalized spacial score (nSPS) is 10.6. The van der Waals surface area contributed by atoms with Crippen molar-refractivity contribution < 1.29 is 14.3 Å². The van der Waals surface area contributed by atoms with Gasteiger partial charge in [0, 0.05) is 5.39 Å². The highest BCUT2D eigenvalue weighted by Gasteiger charge is 2.17. The van der Waals surface area contributed by atoms with Gasteiger partial charge in [0.05, 0.1) is 11.1 Å². The Morgan fingerprint density at radius 3 is 2.04 bits per heavy atom. The van der Waals surface area contributed by atoms with E-state index in [1.165, 1.54) is 6.92 Å². The first-order chi connectivity index (χ1) is 13.6. The second-order valence-electron chi connectivity index (χ2n) is 6.55. The molecule has 0 bridgehead atoms. The number of fused-ring (bicyclic) bond motifs is 1. The van der Waals surface area contributed by atoms with E-state index < -0.39 is 5.97 Å². The molecule has 0 atom stereocenters. The van der Waals surface area contributed by atoms with Crippen LogP contribution >= 0.6 is 0 Å². The number of hydrogen-bond acceptors (Lipinski definition) is 3. The summed E-state index contributed by atoms with van der Waals surface area (Å²) >= 11 is 0. The lowest BCUT2D eigenvalue weighted by molar-refractivity contribution is 0.0735. The molecular weight excluding hydrogens is 348 g/mol. The van der Waals surface area contributed by atoms with Crippen molar-refractivity contribution in [1.82, 2.24) is 0 Å². The largest absolute Gasteiger partial charge is 0.421 e. The average Bonchev–Trinajstić information content (AvgIpc) is 2.74. The standard InChI is InChI=1S/C25H18O3/c1-17(26)22-16-15-20-9-5-6-10-23(20)24(22)28-25(27)21-13-11-19(12-14-21)18-7-3-2-4-8-18/h2-16H,1H3. The third kappa shape index (κ3) is 3.42. The lowest BCUT2D eigenvalue weighted by atomic mass is 10.0. The molecule has 0 aromatic heterocycles. The van der Waals surface area contributed by atoms with Gasteiger partial charge < -0.3 is 4.74 Å². The van der Waals surface area contributed by atoms with E-state index in [9.17, 15) is 9.59 Å². The van der Waals surface area contributed by atoms with Crippen LogP contribution in [0.4, 0.5) is 0 Å². The van der Waals surface area contributed by atoms with Gasteiger partial charge in [-0.2, -0.15) is 0 Å². The molecule has 136 valence electrons. The van der Waals surface area contributed by atoms with Gasteiger partial charge in [-0.3, -0.25) is 4.79 Å².